The Kier molecular flexibility index (Phi) is 7.77. The second-order valence-corrected chi connectivity index (χ2v) is 7.41. The number of ether oxygens (including phenoxy) is 2. The maximum Gasteiger partial charge on any atom is 0.339 e. The molecule has 3 rings (SSSR count). The normalized spacial score (nSPS) is 13.4. The van der Waals surface area contributed by atoms with Gasteiger partial charge in [-0.3, -0.25) is 9.59 Å². The fourth-order valence-corrected chi connectivity index (χ4v) is 3.37. The third-order valence-electron chi connectivity index (χ3n) is 5.06. The first-order valence-corrected chi connectivity index (χ1v) is 10.5. The van der Waals surface area contributed by atoms with E-state index >= 15 is 0 Å². The number of morpholine rings is 1. The number of hydrogen-bond donors (Lipinski definition) is 1. The zero-order valence-electron chi connectivity index (χ0n) is 18.6. The van der Waals surface area contributed by atoms with Gasteiger partial charge in [-0.15, -0.1) is 0 Å². The van der Waals surface area contributed by atoms with Gasteiger partial charge in [0, 0.05) is 31.5 Å². The van der Waals surface area contributed by atoms with Crippen LogP contribution in [0.4, 0.5) is 11.4 Å². The first-order chi connectivity index (χ1) is 15.4. The first kappa shape index (κ1) is 23.2. The third kappa shape index (κ3) is 5.82. The Morgan fingerprint density at radius 1 is 1.12 bits per heavy atom. The zero-order chi connectivity index (χ0) is 23.1. The van der Waals surface area contributed by atoms with Crippen LogP contribution < -0.4 is 10.2 Å². The van der Waals surface area contributed by atoms with E-state index in [1.807, 2.05) is 24.3 Å². The van der Waals surface area contributed by atoms with Crippen LogP contribution in [0.1, 0.15) is 33.5 Å². The first-order valence-electron chi connectivity index (χ1n) is 10.5. The van der Waals surface area contributed by atoms with Gasteiger partial charge in [-0.05, 0) is 50.2 Å². The largest absolute Gasteiger partial charge is 0.462 e. The van der Waals surface area contributed by atoms with Crippen LogP contribution in [0.3, 0.4) is 0 Å². The lowest BCUT2D eigenvalue weighted by Crippen LogP contribution is -2.36. The summed E-state index contributed by atoms with van der Waals surface area (Å²) in [6.07, 6.45) is 0. The van der Waals surface area contributed by atoms with Crippen LogP contribution in [-0.2, 0) is 14.3 Å². The van der Waals surface area contributed by atoms with E-state index in [0.29, 0.717) is 30.2 Å². The van der Waals surface area contributed by atoms with Crippen molar-refractivity contribution in [3.63, 3.8) is 0 Å². The predicted molar refractivity (Wildman–Crippen MR) is 120 cm³/mol. The molecule has 0 saturated carbocycles. The molecule has 1 N–H and O–H groups in total. The lowest BCUT2D eigenvalue weighted by Gasteiger charge is -2.28. The van der Waals surface area contributed by atoms with Gasteiger partial charge in [0.1, 0.15) is 5.69 Å². The lowest BCUT2D eigenvalue weighted by molar-refractivity contribution is -0.116. The topological polar surface area (TPSA) is 101 Å². The van der Waals surface area contributed by atoms with Gasteiger partial charge in [0.05, 0.1) is 37.6 Å². The van der Waals surface area contributed by atoms with Crippen molar-refractivity contribution in [2.45, 2.75) is 13.8 Å². The Morgan fingerprint density at radius 3 is 2.44 bits per heavy atom. The van der Waals surface area contributed by atoms with Gasteiger partial charge in [-0.25, -0.2) is 9.78 Å². The van der Waals surface area contributed by atoms with Crippen LogP contribution >= 0.6 is 0 Å². The summed E-state index contributed by atoms with van der Waals surface area (Å²) in [6.45, 7) is 6.57. The number of anilines is 2. The van der Waals surface area contributed by atoms with E-state index < -0.39 is 11.9 Å². The molecular formula is C23H28N4O5. The Hall–Kier alpha value is -3.46. The summed E-state index contributed by atoms with van der Waals surface area (Å²) >= 11 is 0. The van der Waals surface area contributed by atoms with Crippen molar-refractivity contribution in [1.29, 1.82) is 0 Å². The second kappa shape index (κ2) is 10.7. The Bertz CT molecular complexity index is 971. The van der Waals surface area contributed by atoms with Crippen LogP contribution in [0.5, 0.6) is 0 Å². The molecule has 0 unspecified atom stereocenters. The second-order valence-electron chi connectivity index (χ2n) is 7.41. The molecule has 1 aliphatic heterocycles. The molecule has 2 amide bonds. The molecule has 1 fully saturated rings. The third-order valence-corrected chi connectivity index (χ3v) is 5.06. The number of amides is 2. The van der Waals surface area contributed by atoms with Crippen molar-refractivity contribution in [3.8, 4) is 0 Å². The van der Waals surface area contributed by atoms with Gasteiger partial charge in [-0.1, -0.05) is 0 Å². The summed E-state index contributed by atoms with van der Waals surface area (Å²) in [6, 6.07) is 10.5. The van der Waals surface area contributed by atoms with Gasteiger partial charge in [0.2, 0.25) is 5.91 Å². The van der Waals surface area contributed by atoms with Crippen molar-refractivity contribution < 1.29 is 23.9 Å². The molecule has 9 heteroatoms. The SMILES string of the molecule is CCOC(=O)c1ccc(C(=O)N(C)CC(=O)Nc2ccc(N3CCOCC3)cc2)nc1C. The number of aromatic nitrogens is 1. The van der Waals surface area contributed by atoms with Crippen molar-refractivity contribution in [3.05, 3.63) is 53.3 Å². The molecule has 1 aliphatic rings. The molecule has 0 aliphatic carbocycles. The van der Waals surface area contributed by atoms with Gasteiger partial charge in [0.15, 0.2) is 0 Å². The average molecular weight is 441 g/mol. The Morgan fingerprint density at radius 2 is 1.81 bits per heavy atom. The van der Waals surface area contributed by atoms with Crippen LogP contribution in [0.15, 0.2) is 36.4 Å². The fourth-order valence-electron chi connectivity index (χ4n) is 3.37. The number of pyridine rings is 1. The summed E-state index contributed by atoms with van der Waals surface area (Å²) in [5, 5.41) is 2.80. The number of rotatable bonds is 7. The number of nitrogens with one attached hydrogen (secondary N) is 1. The van der Waals surface area contributed by atoms with E-state index in [4.69, 9.17) is 9.47 Å². The van der Waals surface area contributed by atoms with Crippen molar-refractivity contribution >= 4 is 29.2 Å². The van der Waals surface area contributed by atoms with Crippen molar-refractivity contribution in [2.75, 3.05) is 56.7 Å². The molecule has 2 aromatic rings. The summed E-state index contributed by atoms with van der Waals surface area (Å²) in [7, 11) is 1.53. The van der Waals surface area contributed by atoms with E-state index in [-0.39, 0.29) is 24.8 Å². The van der Waals surface area contributed by atoms with E-state index in [0.717, 1.165) is 18.8 Å². The Balaban J connectivity index is 1.56. The number of likely N-dealkylation sites (N-methyl/N-ethyl adjacent to an activating group) is 1. The maximum absolute atomic E-state index is 12.7. The zero-order valence-corrected chi connectivity index (χ0v) is 18.6. The minimum absolute atomic E-state index is 0.135. The summed E-state index contributed by atoms with van der Waals surface area (Å²) in [4.78, 5) is 44.7. The van der Waals surface area contributed by atoms with Gasteiger partial charge in [0.25, 0.3) is 5.91 Å². The number of carbonyl (C=O) groups excluding carboxylic acids is 3. The predicted octanol–water partition coefficient (Wildman–Crippen LogP) is 2.11. The van der Waals surface area contributed by atoms with Crippen molar-refractivity contribution in [1.82, 2.24) is 9.88 Å². The molecule has 2 heterocycles. The smallest absolute Gasteiger partial charge is 0.339 e. The van der Waals surface area contributed by atoms with Gasteiger partial charge < -0.3 is 24.6 Å². The molecule has 1 aromatic heterocycles. The standard InChI is InChI=1S/C23H28N4O5/c1-4-32-23(30)19-9-10-20(24-16(19)2)22(29)26(3)15-21(28)25-17-5-7-18(8-6-17)27-11-13-31-14-12-27/h5-10H,4,11-15H2,1-3H3,(H,25,28). The van der Waals surface area contributed by atoms with Crippen molar-refractivity contribution in [2.24, 2.45) is 0 Å². The molecule has 9 nitrogen and oxygen atoms in total. The minimum Gasteiger partial charge on any atom is -0.462 e. The van der Waals surface area contributed by atoms with Gasteiger partial charge >= 0.3 is 5.97 Å². The molecule has 0 radical (unpaired) electrons. The molecule has 170 valence electrons. The highest BCUT2D eigenvalue weighted by Gasteiger charge is 2.19. The number of carbonyl (C=O) groups is 3. The molecule has 1 saturated heterocycles. The van der Waals surface area contributed by atoms with Crippen LogP contribution in [0, 0.1) is 6.92 Å². The highest BCUT2D eigenvalue weighted by Crippen LogP contribution is 2.19. The molecule has 0 atom stereocenters. The maximum atomic E-state index is 12.7. The summed E-state index contributed by atoms with van der Waals surface area (Å²) in [5.41, 5.74) is 2.59. The molecule has 0 bridgehead atoms. The van der Waals surface area contributed by atoms with E-state index in [9.17, 15) is 14.4 Å². The monoisotopic (exact) mass is 440 g/mol. The van der Waals surface area contributed by atoms with Crippen LogP contribution in [0.2, 0.25) is 0 Å². The number of aryl methyl sites for hydroxylation is 1. The van der Waals surface area contributed by atoms with E-state index in [2.05, 4.69) is 15.2 Å². The van der Waals surface area contributed by atoms with E-state index in [1.165, 1.54) is 24.1 Å². The van der Waals surface area contributed by atoms with Crippen LogP contribution in [-0.4, -0.2) is 74.2 Å². The summed E-state index contributed by atoms with van der Waals surface area (Å²) in [5.74, 6) is -1.22. The Labute approximate surface area is 187 Å². The number of benzene rings is 1. The highest BCUT2D eigenvalue weighted by atomic mass is 16.5. The summed E-state index contributed by atoms with van der Waals surface area (Å²) < 4.78 is 10.3. The fraction of sp³-hybridized carbons (Fsp3) is 0.391. The van der Waals surface area contributed by atoms with Gasteiger partial charge in [-0.2, -0.15) is 0 Å². The number of hydrogen-bond acceptors (Lipinski definition) is 7. The number of nitrogens with zero attached hydrogens (tertiary/aromatic N) is 3. The molecule has 1 aromatic carbocycles. The molecule has 32 heavy (non-hydrogen) atoms. The minimum atomic E-state index is -0.483. The van der Waals surface area contributed by atoms with E-state index in [1.54, 1.807) is 13.8 Å². The quantitative estimate of drug-likeness (QED) is 0.658. The van der Waals surface area contributed by atoms with Crippen LogP contribution in [0.25, 0.3) is 0 Å². The number of esters is 1. The highest BCUT2D eigenvalue weighted by molar-refractivity contribution is 5.99. The average Bonchev–Trinajstić information content (AvgIpc) is 2.79. The molecular weight excluding hydrogens is 412 g/mol. The lowest BCUT2D eigenvalue weighted by atomic mass is 10.2. The molecule has 0 spiro atoms.